The van der Waals surface area contributed by atoms with Crippen LogP contribution in [0.4, 0.5) is 0 Å². The van der Waals surface area contributed by atoms with Crippen molar-refractivity contribution in [2.45, 2.75) is 38.1 Å². The fourth-order valence-corrected chi connectivity index (χ4v) is 3.03. The molecule has 0 heterocycles. The minimum absolute atomic E-state index is 0.213. The first-order valence-corrected chi connectivity index (χ1v) is 8.17. The van der Waals surface area contributed by atoms with Crippen molar-refractivity contribution in [3.8, 4) is 0 Å². The van der Waals surface area contributed by atoms with E-state index in [0.717, 1.165) is 43.1 Å². The Morgan fingerprint density at radius 2 is 1.85 bits per heavy atom. The summed E-state index contributed by atoms with van der Waals surface area (Å²) >= 11 is 3.42. The monoisotopic (exact) mass is 338 g/mol. The van der Waals surface area contributed by atoms with Crippen LogP contribution in [-0.2, 0) is 11.2 Å². The van der Waals surface area contributed by atoms with Crippen molar-refractivity contribution in [1.82, 2.24) is 10.6 Å². The summed E-state index contributed by atoms with van der Waals surface area (Å²) in [5.74, 6) is 0.446. The minimum atomic E-state index is 0.213. The Morgan fingerprint density at radius 3 is 2.45 bits per heavy atom. The molecule has 110 valence electrons. The molecule has 2 rings (SSSR count). The second kappa shape index (κ2) is 7.79. The van der Waals surface area contributed by atoms with Crippen molar-refractivity contribution in [3.05, 3.63) is 34.3 Å². The Bertz CT molecular complexity index is 425. The Hall–Kier alpha value is -0.870. The lowest BCUT2D eigenvalue weighted by Gasteiger charge is -2.27. The summed E-state index contributed by atoms with van der Waals surface area (Å²) < 4.78 is 1.09. The van der Waals surface area contributed by atoms with Gasteiger partial charge in [-0.2, -0.15) is 0 Å². The first-order chi connectivity index (χ1) is 9.69. The molecule has 4 heteroatoms. The van der Waals surface area contributed by atoms with Gasteiger partial charge in [0.15, 0.2) is 0 Å². The van der Waals surface area contributed by atoms with E-state index >= 15 is 0 Å². The highest BCUT2D eigenvalue weighted by Gasteiger charge is 2.24. The van der Waals surface area contributed by atoms with Crippen LogP contribution >= 0.6 is 15.9 Å². The van der Waals surface area contributed by atoms with E-state index in [1.165, 1.54) is 5.56 Å². The highest BCUT2D eigenvalue weighted by molar-refractivity contribution is 9.10. The molecule has 1 amide bonds. The van der Waals surface area contributed by atoms with Crippen LogP contribution in [0.1, 0.15) is 31.2 Å². The Morgan fingerprint density at radius 1 is 1.20 bits per heavy atom. The van der Waals surface area contributed by atoms with Crippen LogP contribution in [-0.4, -0.2) is 25.5 Å². The van der Waals surface area contributed by atoms with Crippen molar-refractivity contribution < 1.29 is 4.79 Å². The number of hydrogen-bond acceptors (Lipinski definition) is 2. The summed E-state index contributed by atoms with van der Waals surface area (Å²) in [6, 6.07) is 8.86. The largest absolute Gasteiger partial charge is 0.356 e. The van der Waals surface area contributed by atoms with Gasteiger partial charge in [0.05, 0.1) is 0 Å². The maximum atomic E-state index is 12.1. The van der Waals surface area contributed by atoms with E-state index in [9.17, 15) is 4.79 Å². The molecule has 0 unspecified atom stereocenters. The van der Waals surface area contributed by atoms with Crippen LogP contribution < -0.4 is 10.6 Å². The summed E-state index contributed by atoms with van der Waals surface area (Å²) in [7, 11) is 2.00. The second-order valence-corrected chi connectivity index (χ2v) is 6.42. The molecule has 1 saturated carbocycles. The average molecular weight is 339 g/mol. The molecular formula is C16H23BrN2O. The first-order valence-electron chi connectivity index (χ1n) is 7.38. The summed E-state index contributed by atoms with van der Waals surface area (Å²) in [6.45, 7) is 0.729. The van der Waals surface area contributed by atoms with Gasteiger partial charge in [0.1, 0.15) is 0 Å². The Kier molecular flexibility index (Phi) is 6.05. The molecule has 1 aromatic carbocycles. The van der Waals surface area contributed by atoms with Gasteiger partial charge in [0, 0.05) is 23.0 Å². The molecule has 1 fully saturated rings. The second-order valence-electron chi connectivity index (χ2n) is 5.50. The van der Waals surface area contributed by atoms with Gasteiger partial charge < -0.3 is 10.6 Å². The molecule has 1 aliphatic rings. The van der Waals surface area contributed by atoms with E-state index in [-0.39, 0.29) is 11.8 Å². The fourth-order valence-electron chi connectivity index (χ4n) is 2.77. The number of amides is 1. The summed E-state index contributed by atoms with van der Waals surface area (Å²) in [6.07, 6.45) is 5.14. The number of hydrogen-bond donors (Lipinski definition) is 2. The minimum Gasteiger partial charge on any atom is -0.356 e. The highest BCUT2D eigenvalue weighted by atomic mass is 79.9. The molecule has 1 aromatic rings. The molecule has 3 nitrogen and oxygen atoms in total. The van der Waals surface area contributed by atoms with Gasteiger partial charge >= 0.3 is 0 Å². The van der Waals surface area contributed by atoms with Crippen LogP contribution in [0.3, 0.4) is 0 Å². The predicted molar refractivity (Wildman–Crippen MR) is 85.7 cm³/mol. The zero-order valence-corrected chi connectivity index (χ0v) is 13.6. The van der Waals surface area contributed by atoms with Crippen LogP contribution in [0.25, 0.3) is 0 Å². The number of carbonyl (C=O) groups excluding carboxylic acids is 1. The molecule has 0 aromatic heterocycles. The lowest BCUT2D eigenvalue weighted by Crippen LogP contribution is -2.38. The van der Waals surface area contributed by atoms with Gasteiger partial charge in [-0.15, -0.1) is 0 Å². The Labute approximate surface area is 129 Å². The maximum Gasteiger partial charge on any atom is 0.223 e. The lowest BCUT2D eigenvalue weighted by atomic mass is 9.85. The van der Waals surface area contributed by atoms with Crippen molar-refractivity contribution in [2.75, 3.05) is 13.6 Å². The van der Waals surface area contributed by atoms with Gasteiger partial charge in [0.25, 0.3) is 0 Å². The topological polar surface area (TPSA) is 41.1 Å². The van der Waals surface area contributed by atoms with Gasteiger partial charge in [-0.3, -0.25) is 4.79 Å². The van der Waals surface area contributed by atoms with Crippen molar-refractivity contribution in [1.29, 1.82) is 0 Å². The lowest BCUT2D eigenvalue weighted by molar-refractivity contribution is -0.126. The standard InChI is InChI=1S/C16H23BrN2O/c1-18-15-8-4-13(5-9-15)16(20)19-11-10-12-2-6-14(17)7-3-12/h2-3,6-7,13,15,18H,4-5,8-11H2,1H3,(H,19,20). The number of benzene rings is 1. The fraction of sp³-hybridized carbons (Fsp3) is 0.562. The summed E-state index contributed by atoms with van der Waals surface area (Å²) in [4.78, 5) is 12.1. The van der Waals surface area contributed by atoms with Crippen molar-refractivity contribution >= 4 is 21.8 Å². The molecule has 0 atom stereocenters. The molecule has 2 N–H and O–H groups in total. The predicted octanol–water partition coefficient (Wildman–Crippen LogP) is 2.89. The molecule has 20 heavy (non-hydrogen) atoms. The smallest absolute Gasteiger partial charge is 0.223 e. The zero-order valence-electron chi connectivity index (χ0n) is 12.0. The average Bonchev–Trinajstić information content (AvgIpc) is 2.49. The first kappa shape index (κ1) is 15.5. The number of carbonyl (C=O) groups is 1. The number of nitrogens with one attached hydrogen (secondary N) is 2. The summed E-state index contributed by atoms with van der Waals surface area (Å²) in [5.41, 5.74) is 1.26. The third-order valence-corrected chi connectivity index (χ3v) is 4.66. The number of halogens is 1. The van der Waals surface area contributed by atoms with E-state index in [2.05, 4.69) is 38.7 Å². The van der Waals surface area contributed by atoms with Crippen LogP contribution in [0.2, 0.25) is 0 Å². The molecule has 0 aliphatic heterocycles. The normalized spacial score (nSPS) is 22.5. The van der Waals surface area contributed by atoms with E-state index in [4.69, 9.17) is 0 Å². The molecule has 0 radical (unpaired) electrons. The highest BCUT2D eigenvalue weighted by Crippen LogP contribution is 2.24. The number of rotatable bonds is 5. The van der Waals surface area contributed by atoms with Gasteiger partial charge in [-0.1, -0.05) is 28.1 Å². The third kappa shape index (κ3) is 4.60. The van der Waals surface area contributed by atoms with Gasteiger partial charge in [-0.05, 0) is 56.8 Å². The van der Waals surface area contributed by atoms with Crippen LogP contribution in [0, 0.1) is 5.92 Å². The van der Waals surface area contributed by atoms with Crippen molar-refractivity contribution in [3.63, 3.8) is 0 Å². The van der Waals surface area contributed by atoms with E-state index < -0.39 is 0 Å². The van der Waals surface area contributed by atoms with Crippen molar-refractivity contribution in [2.24, 2.45) is 5.92 Å². The van der Waals surface area contributed by atoms with E-state index in [0.29, 0.717) is 6.04 Å². The van der Waals surface area contributed by atoms with Gasteiger partial charge in [-0.25, -0.2) is 0 Å². The van der Waals surface area contributed by atoms with Crippen LogP contribution in [0.5, 0.6) is 0 Å². The van der Waals surface area contributed by atoms with E-state index in [1.807, 2.05) is 19.2 Å². The Balaban J connectivity index is 1.69. The maximum absolute atomic E-state index is 12.1. The zero-order chi connectivity index (χ0) is 14.4. The molecule has 0 bridgehead atoms. The quantitative estimate of drug-likeness (QED) is 0.866. The molecular weight excluding hydrogens is 316 g/mol. The third-order valence-electron chi connectivity index (χ3n) is 4.13. The molecule has 0 saturated heterocycles. The van der Waals surface area contributed by atoms with Gasteiger partial charge in [0.2, 0.25) is 5.91 Å². The van der Waals surface area contributed by atoms with E-state index in [1.54, 1.807) is 0 Å². The van der Waals surface area contributed by atoms with Crippen LogP contribution in [0.15, 0.2) is 28.7 Å². The molecule has 1 aliphatic carbocycles. The SMILES string of the molecule is CNC1CCC(C(=O)NCCc2ccc(Br)cc2)CC1. The molecule has 0 spiro atoms. The summed E-state index contributed by atoms with van der Waals surface area (Å²) in [5, 5.41) is 6.37.